The van der Waals surface area contributed by atoms with Gasteiger partial charge >= 0.3 is 0 Å². The van der Waals surface area contributed by atoms with Crippen molar-refractivity contribution in [3.8, 4) is 17.6 Å². The number of para-hydroxylation sites is 1. The van der Waals surface area contributed by atoms with E-state index in [1.54, 1.807) is 42.5 Å². The average Bonchev–Trinajstić information content (AvgIpc) is 2.99. The largest absolute Gasteiger partial charge is 0.490 e. The molecule has 3 aromatic carbocycles. The van der Waals surface area contributed by atoms with Crippen LogP contribution in [0, 0.1) is 29.1 Å². The summed E-state index contributed by atoms with van der Waals surface area (Å²) in [7, 11) is 0. The van der Waals surface area contributed by atoms with E-state index in [2.05, 4.69) is 22.8 Å². The van der Waals surface area contributed by atoms with Gasteiger partial charge < -0.3 is 20.1 Å². The van der Waals surface area contributed by atoms with Gasteiger partial charge in [0.15, 0.2) is 18.1 Å². The zero-order valence-electron chi connectivity index (χ0n) is 24.5. The number of carbonyl (C=O) groups is 2. The predicted molar refractivity (Wildman–Crippen MR) is 167 cm³/mol. The molecule has 4 saturated carbocycles. The fourth-order valence-corrected chi connectivity index (χ4v) is 7.75. The van der Waals surface area contributed by atoms with Crippen molar-refractivity contribution in [1.82, 2.24) is 0 Å². The summed E-state index contributed by atoms with van der Waals surface area (Å²) >= 11 is 0. The second-order valence-electron chi connectivity index (χ2n) is 12.2. The number of carbonyl (C=O) groups excluding carboxylic acids is 2. The third kappa shape index (κ3) is 6.44. The van der Waals surface area contributed by atoms with Crippen molar-refractivity contribution in [2.24, 2.45) is 17.8 Å². The summed E-state index contributed by atoms with van der Waals surface area (Å²) in [6.07, 6.45) is 9.69. The molecule has 43 heavy (non-hydrogen) atoms. The maximum absolute atomic E-state index is 12.8. The van der Waals surface area contributed by atoms with Crippen molar-refractivity contribution in [3.05, 3.63) is 89.5 Å². The van der Waals surface area contributed by atoms with Crippen LogP contribution in [0.3, 0.4) is 0 Å². The van der Waals surface area contributed by atoms with E-state index in [1.165, 1.54) is 50.2 Å². The van der Waals surface area contributed by atoms with Gasteiger partial charge in [-0.15, -0.1) is 0 Å². The van der Waals surface area contributed by atoms with Gasteiger partial charge in [-0.25, -0.2) is 0 Å². The van der Waals surface area contributed by atoms with Gasteiger partial charge in [-0.2, -0.15) is 5.26 Å². The van der Waals surface area contributed by atoms with Gasteiger partial charge in [0.05, 0.1) is 6.61 Å². The summed E-state index contributed by atoms with van der Waals surface area (Å²) in [5, 5.41) is 15.2. The van der Waals surface area contributed by atoms with Gasteiger partial charge in [-0.3, -0.25) is 9.59 Å². The number of hydrogen-bond donors (Lipinski definition) is 2. The summed E-state index contributed by atoms with van der Waals surface area (Å²) in [6, 6.07) is 24.4. The molecule has 4 fully saturated rings. The van der Waals surface area contributed by atoms with Crippen molar-refractivity contribution < 1.29 is 19.1 Å². The Bertz CT molecular complexity index is 1520. The van der Waals surface area contributed by atoms with Gasteiger partial charge in [-0.05, 0) is 122 Å². The Hall–Kier alpha value is -4.57. The molecule has 7 nitrogen and oxygen atoms in total. The molecule has 0 radical (unpaired) electrons. The van der Waals surface area contributed by atoms with Crippen LogP contribution in [-0.4, -0.2) is 25.0 Å². The predicted octanol–water partition coefficient (Wildman–Crippen LogP) is 7.12. The van der Waals surface area contributed by atoms with E-state index < -0.39 is 5.91 Å². The Kier molecular flexibility index (Phi) is 8.20. The molecular weight excluding hydrogens is 538 g/mol. The van der Waals surface area contributed by atoms with Gasteiger partial charge in [0, 0.05) is 11.4 Å². The van der Waals surface area contributed by atoms with Crippen LogP contribution in [0.15, 0.2) is 78.4 Å². The molecule has 220 valence electrons. The fourth-order valence-electron chi connectivity index (χ4n) is 7.75. The van der Waals surface area contributed by atoms with Crippen molar-refractivity contribution in [2.75, 3.05) is 23.8 Å². The van der Waals surface area contributed by atoms with Crippen LogP contribution in [0.5, 0.6) is 11.5 Å². The lowest BCUT2D eigenvalue weighted by Gasteiger charge is -2.57. The molecule has 0 spiro atoms. The first kappa shape index (κ1) is 28.5. The molecule has 0 unspecified atom stereocenters. The molecule has 7 heteroatoms. The van der Waals surface area contributed by atoms with Crippen molar-refractivity contribution in [1.29, 1.82) is 5.26 Å². The minimum absolute atomic E-state index is 0.0476. The molecular formula is C36H37N3O4. The normalized spacial score (nSPS) is 23.7. The van der Waals surface area contributed by atoms with E-state index in [1.807, 2.05) is 31.2 Å². The third-order valence-corrected chi connectivity index (χ3v) is 9.15. The molecule has 4 bridgehead atoms. The molecule has 0 aromatic heterocycles. The Balaban J connectivity index is 1.07. The van der Waals surface area contributed by atoms with E-state index in [0.717, 1.165) is 23.4 Å². The van der Waals surface area contributed by atoms with E-state index in [4.69, 9.17) is 9.47 Å². The molecule has 4 aliphatic carbocycles. The van der Waals surface area contributed by atoms with Crippen LogP contribution in [-0.2, 0) is 15.0 Å². The smallest absolute Gasteiger partial charge is 0.266 e. The maximum atomic E-state index is 12.8. The third-order valence-electron chi connectivity index (χ3n) is 9.15. The van der Waals surface area contributed by atoms with E-state index >= 15 is 0 Å². The van der Waals surface area contributed by atoms with Crippen LogP contribution in [0.1, 0.15) is 56.6 Å². The highest BCUT2D eigenvalue weighted by atomic mass is 16.5. The molecule has 4 aliphatic rings. The Morgan fingerprint density at radius 2 is 1.51 bits per heavy atom. The Morgan fingerprint density at radius 3 is 2.14 bits per heavy atom. The number of ether oxygens (including phenoxy) is 2. The number of amides is 2. The number of nitrogens with one attached hydrogen (secondary N) is 2. The molecule has 7 rings (SSSR count). The molecule has 3 aromatic rings. The topological polar surface area (TPSA) is 100 Å². The van der Waals surface area contributed by atoms with Crippen molar-refractivity contribution >= 4 is 29.3 Å². The number of nitrogens with zero attached hydrogens (tertiary/aromatic N) is 1. The lowest BCUT2D eigenvalue weighted by molar-refractivity contribution is -0.118. The SMILES string of the molecule is CCOc1cc(/C=C(/C#N)C(=O)Nc2ccccc2)ccc1OCC(=O)Nc1ccc(C23CC4CC(CC(C4)C2)C3)cc1. The summed E-state index contributed by atoms with van der Waals surface area (Å²) in [6.45, 7) is 2.04. The van der Waals surface area contributed by atoms with Crippen LogP contribution in [0.4, 0.5) is 11.4 Å². The summed E-state index contributed by atoms with van der Waals surface area (Å²) in [5.74, 6) is 2.72. The summed E-state index contributed by atoms with van der Waals surface area (Å²) in [4.78, 5) is 25.4. The van der Waals surface area contributed by atoms with Gasteiger partial charge in [0.2, 0.25) is 0 Å². The fraction of sp³-hybridized carbons (Fsp3) is 0.361. The molecule has 0 atom stereocenters. The number of nitriles is 1. The number of rotatable bonds is 10. The molecule has 0 saturated heterocycles. The molecule has 0 heterocycles. The number of anilines is 2. The Morgan fingerprint density at radius 1 is 0.860 bits per heavy atom. The monoisotopic (exact) mass is 575 g/mol. The van der Waals surface area contributed by atoms with Crippen LogP contribution in [0.2, 0.25) is 0 Å². The van der Waals surface area contributed by atoms with E-state index in [9.17, 15) is 14.9 Å². The van der Waals surface area contributed by atoms with Crippen molar-refractivity contribution in [3.63, 3.8) is 0 Å². The zero-order chi connectivity index (χ0) is 29.8. The van der Waals surface area contributed by atoms with Gasteiger partial charge in [0.1, 0.15) is 11.6 Å². The summed E-state index contributed by atoms with van der Waals surface area (Å²) in [5.41, 5.74) is 3.66. The highest BCUT2D eigenvalue weighted by Crippen LogP contribution is 2.60. The van der Waals surface area contributed by atoms with Crippen LogP contribution in [0.25, 0.3) is 6.08 Å². The quantitative estimate of drug-likeness (QED) is 0.198. The first-order chi connectivity index (χ1) is 20.9. The molecule has 2 N–H and O–H groups in total. The van der Waals surface area contributed by atoms with E-state index in [-0.39, 0.29) is 18.1 Å². The summed E-state index contributed by atoms with van der Waals surface area (Å²) < 4.78 is 11.6. The van der Waals surface area contributed by atoms with Gasteiger partial charge in [-0.1, -0.05) is 36.4 Å². The zero-order valence-corrected chi connectivity index (χ0v) is 24.5. The minimum atomic E-state index is -0.505. The molecule has 2 amide bonds. The second-order valence-corrected chi connectivity index (χ2v) is 12.2. The second kappa shape index (κ2) is 12.3. The van der Waals surface area contributed by atoms with E-state index in [0.29, 0.717) is 34.8 Å². The molecule has 0 aliphatic heterocycles. The minimum Gasteiger partial charge on any atom is -0.490 e. The number of benzene rings is 3. The number of hydrogen-bond acceptors (Lipinski definition) is 5. The van der Waals surface area contributed by atoms with Crippen LogP contribution < -0.4 is 20.1 Å². The first-order valence-corrected chi connectivity index (χ1v) is 15.2. The highest BCUT2D eigenvalue weighted by molar-refractivity contribution is 6.09. The van der Waals surface area contributed by atoms with Crippen molar-refractivity contribution in [2.45, 2.75) is 50.9 Å². The highest BCUT2D eigenvalue weighted by Gasteiger charge is 2.51. The van der Waals surface area contributed by atoms with Gasteiger partial charge in [0.25, 0.3) is 11.8 Å². The first-order valence-electron chi connectivity index (χ1n) is 15.2. The average molecular weight is 576 g/mol. The Labute approximate surface area is 252 Å². The lowest BCUT2D eigenvalue weighted by Crippen LogP contribution is -2.48. The van der Waals surface area contributed by atoms with Crippen LogP contribution >= 0.6 is 0 Å². The maximum Gasteiger partial charge on any atom is 0.266 e. The standard InChI is InChI=1S/C36H37N3O4/c1-2-42-33-18-24(17-28(22-37)35(41)39-30-6-4-3-5-7-30)8-13-32(33)43-23-34(40)38-31-11-9-29(10-12-31)36-19-25-14-26(20-36)16-27(15-25)21-36/h3-13,17-18,25-27H,2,14-16,19-21,23H2,1H3,(H,38,40)(H,39,41)/b28-17-. The lowest BCUT2D eigenvalue weighted by atomic mass is 9.48.